The van der Waals surface area contributed by atoms with E-state index in [2.05, 4.69) is 10.1 Å². The maximum atomic E-state index is 14.3. The highest BCUT2D eigenvalue weighted by molar-refractivity contribution is 7.90. The van der Waals surface area contributed by atoms with Crippen LogP contribution in [0.1, 0.15) is 33.2 Å². The number of hydrogen-bond acceptors (Lipinski definition) is 8. The van der Waals surface area contributed by atoms with E-state index in [0.29, 0.717) is 34.5 Å². The van der Waals surface area contributed by atoms with Gasteiger partial charge in [-0.25, -0.2) is 17.9 Å². The first-order valence-corrected chi connectivity index (χ1v) is 15.3. The minimum atomic E-state index is -4.77. The van der Waals surface area contributed by atoms with Gasteiger partial charge in [0.2, 0.25) is 0 Å². The average Bonchev–Trinajstić information content (AvgIpc) is 3.39. The lowest BCUT2D eigenvalue weighted by molar-refractivity contribution is -0.143. The van der Waals surface area contributed by atoms with E-state index in [1.165, 1.54) is 31.1 Å². The lowest BCUT2D eigenvalue weighted by atomic mass is 10.0. The highest BCUT2D eigenvalue weighted by Gasteiger charge is 2.39. The van der Waals surface area contributed by atoms with Crippen LogP contribution in [0, 0.1) is 6.92 Å². The molecule has 0 aliphatic carbocycles. The number of rotatable bonds is 7. The van der Waals surface area contributed by atoms with Crippen LogP contribution in [0.4, 0.5) is 13.2 Å². The molecule has 1 aliphatic rings. The number of sulfone groups is 1. The highest BCUT2D eigenvalue weighted by atomic mass is 32.2. The lowest BCUT2D eigenvalue weighted by Gasteiger charge is -2.38. The van der Waals surface area contributed by atoms with Crippen LogP contribution >= 0.6 is 0 Å². The Morgan fingerprint density at radius 1 is 1.09 bits per heavy atom. The van der Waals surface area contributed by atoms with Crippen LogP contribution in [-0.4, -0.2) is 90.0 Å². The molecule has 4 aromatic rings. The van der Waals surface area contributed by atoms with E-state index in [0.717, 1.165) is 12.5 Å². The number of alkyl halides is 3. The maximum Gasteiger partial charge on any atom is 0.433 e. The predicted octanol–water partition coefficient (Wildman–Crippen LogP) is 3.63. The molecule has 14 heteroatoms. The van der Waals surface area contributed by atoms with Crippen molar-refractivity contribution in [3.8, 4) is 17.0 Å². The molecule has 0 spiro atoms. The Hall–Kier alpha value is -4.01. The van der Waals surface area contributed by atoms with Crippen molar-refractivity contribution in [3.63, 3.8) is 0 Å². The molecule has 228 valence electrons. The van der Waals surface area contributed by atoms with Crippen LogP contribution in [0.5, 0.6) is 5.75 Å². The van der Waals surface area contributed by atoms with Gasteiger partial charge in [-0.05, 0) is 48.9 Å². The molecule has 43 heavy (non-hydrogen) atoms. The zero-order chi connectivity index (χ0) is 31.1. The van der Waals surface area contributed by atoms with Gasteiger partial charge in [-0.1, -0.05) is 12.1 Å². The molecule has 1 fully saturated rings. The summed E-state index contributed by atoms with van der Waals surface area (Å²) in [5, 5.41) is 14.1. The number of benzene rings is 2. The molecule has 0 unspecified atom stereocenters. The van der Waals surface area contributed by atoms with E-state index < -0.39 is 33.7 Å². The van der Waals surface area contributed by atoms with Crippen LogP contribution in [0.3, 0.4) is 0 Å². The van der Waals surface area contributed by atoms with Crippen molar-refractivity contribution in [3.05, 3.63) is 77.1 Å². The second-order valence-electron chi connectivity index (χ2n) is 10.3. The number of aliphatic hydroxyl groups is 1. The number of aliphatic hydroxyl groups excluding tert-OH is 1. The van der Waals surface area contributed by atoms with Gasteiger partial charge in [0.25, 0.3) is 5.91 Å². The van der Waals surface area contributed by atoms with Gasteiger partial charge in [-0.15, -0.1) is 0 Å². The predicted molar refractivity (Wildman–Crippen MR) is 152 cm³/mol. The topological polar surface area (TPSA) is 117 Å². The van der Waals surface area contributed by atoms with Crippen molar-refractivity contribution in [2.45, 2.75) is 24.0 Å². The number of piperazine rings is 1. The summed E-state index contributed by atoms with van der Waals surface area (Å²) in [4.78, 5) is 21.7. The normalized spacial score (nSPS) is 15.6. The standard InChI is InChI=1S/C29H30F3N5O5S/c1-18-25(19-7-9-21(42-2)10-8-19)34-27-23(16-33-37(27)26(18)29(30,31)32)28(39)36-13-11-35(12-14-36)24(17-38)20-5-4-6-22(15-20)43(3,40)41/h4-10,15-16,24,38H,11-14,17H2,1-3H3/t24-/m0/s1. The van der Waals surface area contributed by atoms with Crippen LogP contribution in [0.2, 0.25) is 0 Å². The zero-order valence-corrected chi connectivity index (χ0v) is 24.5. The molecular formula is C29H30F3N5O5S. The molecule has 2 aromatic heterocycles. The smallest absolute Gasteiger partial charge is 0.433 e. The van der Waals surface area contributed by atoms with Gasteiger partial charge in [0.1, 0.15) is 11.3 Å². The first-order chi connectivity index (χ1) is 20.3. The Labute approximate surface area is 246 Å². The number of carbonyl (C=O) groups is 1. The zero-order valence-electron chi connectivity index (χ0n) is 23.7. The molecule has 1 amide bonds. The van der Waals surface area contributed by atoms with E-state index in [1.54, 1.807) is 36.4 Å². The summed E-state index contributed by atoms with van der Waals surface area (Å²) in [6, 6.07) is 12.3. The largest absolute Gasteiger partial charge is 0.497 e. The Kier molecular flexibility index (Phi) is 8.20. The number of methoxy groups -OCH3 is 1. The Morgan fingerprint density at radius 2 is 1.77 bits per heavy atom. The van der Waals surface area contributed by atoms with Crippen molar-refractivity contribution in [2.75, 3.05) is 46.2 Å². The summed E-state index contributed by atoms with van der Waals surface area (Å²) in [5.74, 6) is 0.0175. The van der Waals surface area contributed by atoms with Gasteiger partial charge in [0, 0.05) is 43.6 Å². The Bertz CT molecular complexity index is 1770. The summed E-state index contributed by atoms with van der Waals surface area (Å²) in [7, 11) is -1.96. The van der Waals surface area contributed by atoms with E-state index in [9.17, 15) is 31.5 Å². The summed E-state index contributed by atoms with van der Waals surface area (Å²) >= 11 is 0. The van der Waals surface area contributed by atoms with Crippen molar-refractivity contribution in [2.24, 2.45) is 0 Å². The van der Waals surface area contributed by atoms with Gasteiger partial charge in [-0.3, -0.25) is 9.69 Å². The molecule has 3 heterocycles. The third-order valence-electron chi connectivity index (χ3n) is 7.63. The van der Waals surface area contributed by atoms with Gasteiger partial charge in [0.15, 0.2) is 21.2 Å². The third kappa shape index (κ3) is 5.94. The molecule has 0 bridgehead atoms. The summed E-state index contributed by atoms with van der Waals surface area (Å²) in [6.07, 6.45) is -2.55. The summed E-state index contributed by atoms with van der Waals surface area (Å²) in [6.45, 7) is 2.18. The highest BCUT2D eigenvalue weighted by Crippen LogP contribution is 2.37. The fraction of sp³-hybridized carbons (Fsp3) is 0.345. The van der Waals surface area contributed by atoms with E-state index in [1.807, 2.05) is 4.90 Å². The molecule has 1 atom stereocenters. The molecule has 1 saturated heterocycles. The van der Waals surface area contributed by atoms with Crippen LogP contribution in [0.25, 0.3) is 16.9 Å². The minimum Gasteiger partial charge on any atom is -0.497 e. The van der Waals surface area contributed by atoms with Crippen LogP contribution in [0.15, 0.2) is 59.6 Å². The minimum absolute atomic E-state index is 0.0618. The van der Waals surface area contributed by atoms with Crippen LogP contribution in [-0.2, 0) is 16.0 Å². The van der Waals surface area contributed by atoms with Crippen molar-refractivity contribution >= 4 is 21.4 Å². The molecule has 1 aliphatic heterocycles. The van der Waals surface area contributed by atoms with Gasteiger partial charge in [-0.2, -0.15) is 18.3 Å². The Balaban J connectivity index is 1.43. The second kappa shape index (κ2) is 11.6. The number of ether oxygens (including phenoxy) is 1. The first kappa shape index (κ1) is 30.4. The number of hydrogen-bond donors (Lipinski definition) is 1. The monoisotopic (exact) mass is 617 g/mol. The first-order valence-electron chi connectivity index (χ1n) is 13.4. The Morgan fingerprint density at radius 3 is 2.35 bits per heavy atom. The summed E-state index contributed by atoms with van der Waals surface area (Å²) < 4.78 is 72.7. The van der Waals surface area contributed by atoms with Crippen LogP contribution < -0.4 is 4.74 Å². The van der Waals surface area contributed by atoms with Gasteiger partial charge < -0.3 is 14.7 Å². The average molecular weight is 618 g/mol. The summed E-state index contributed by atoms with van der Waals surface area (Å²) in [5.41, 5.74) is -0.294. The molecule has 1 N–H and O–H groups in total. The van der Waals surface area contributed by atoms with Crippen molar-refractivity contribution in [1.29, 1.82) is 0 Å². The maximum absolute atomic E-state index is 14.3. The molecule has 0 saturated carbocycles. The van der Waals surface area contributed by atoms with E-state index in [-0.39, 0.29) is 47.1 Å². The quantitative estimate of drug-likeness (QED) is 0.334. The van der Waals surface area contributed by atoms with E-state index >= 15 is 0 Å². The molecule has 2 aromatic carbocycles. The molecular weight excluding hydrogens is 587 g/mol. The third-order valence-corrected chi connectivity index (χ3v) is 8.74. The van der Waals surface area contributed by atoms with Gasteiger partial charge in [0.05, 0.1) is 36.5 Å². The fourth-order valence-electron chi connectivity index (χ4n) is 5.38. The number of fused-ring (bicyclic) bond motifs is 1. The second-order valence-corrected chi connectivity index (χ2v) is 12.3. The van der Waals surface area contributed by atoms with E-state index in [4.69, 9.17) is 4.74 Å². The fourth-order valence-corrected chi connectivity index (χ4v) is 6.05. The molecule has 5 rings (SSSR count). The number of nitrogens with zero attached hydrogens (tertiary/aromatic N) is 5. The number of halogens is 3. The molecule has 10 nitrogen and oxygen atoms in total. The van der Waals surface area contributed by atoms with Crippen molar-refractivity contribution in [1.82, 2.24) is 24.4 Å². The number of amides is 1. The van der Waals surface area contributed by atoms with Crippen molar-refractivity contribution < 1.29 is 36.2 Å². The lowest BCUT2D eigenvalue weighted by Crippen LogP contribution is -2.50. The molecule has 0 radical (unpaired) electrons. The SMILES string of the molecule is COc1ccc(-c2nc3c(C(=O)N4CCN([C@@H](CO)c5cccc(S(C)(=O)=O)c5)CC4)cnn3c(C(F)(F)F)c2C)cc1. The van der Waals surface area contributed by atoms with Gasteiger partial charge >= 0.3 is 6.18 Å². The number of carbonyl (C=O) groups excluding carboxylic acids is 1. The number of aromatic nitrogens is 3.